The van der Waals surface area contributed by atoms with E-state index in [0.717, 1.165) is 11.3 Å². The second-order valence-corrected chi connectivity index (χ2v) is 7.34. The molecular weight excluding hydrogens is 420 g/mol. The van der Waals surface area contributed by atoms with Gasteiger partial charge in [-0.3, -0.25) is 20.4 Å². The van der Waals surface area contributed by atoms with Gasteiger partial charge in [0.2, 0.25) is 6.10 Å². The summed E-state index contributed by atoms with van der Waals surface area (Å²) in [6, 6.07) is 27.6. The van der Waals surface area contributed by atoms with Gasteiger partial charge in [0.05, 0.1) is 11.4 Å². The largest absolute Gasteiger partial charge is 0.485 e. The van der Waals surface area contributed by atoms with Crippen molar-refractivity contribution in [3.8, 4) is 28.4 Å². The SMILES string of the molecule is O=C(NNC(=O)[C@H]1COc2ccccc2O1)c1cc(-c2ccccc2)nn1-c1ccccc1. The van der Waals surface area contributed by atoms with E-state index >= 15 is 0 Å². The Labute approximate surface area is 189 Å². The van der Waals surface area contributed by atoms with E-state index in [1.54, 1.807) is 28.9 Å². The molecule has 8 nitrogen and oxygen atoms in total. The van der Waals surface area contributed by atoms with E-state index in [-0.39, 0.29) is 12.3 Å². The van der Waals surface area contributed by atoms with Gasteiger partial charge in [-0.25, -0.2) is 4.68 Å². The van der Waals surface area contributed by atoms with E-state index in [0.29, 0.717) is 17.2 Å². The Hall–Kier alpha value is -4.59. The molecule has 2 amide bonds. The number of hydrogen-bond donors (Lipinski definition) is 2. The molecule has 164 valence electrons. The minimum absolute atomic E-state index is 0.0405. The van der Waals surface area contributed by atoms with Crippen molar-refractivity contribution in [1.82, 2.24) is 20.6 Å². The van der Waals surface area contributed by atoms with Crippen molar-refractivity contribution in [2.45, 2.75) is 6.10 Å². The number of para-hydroxylation sites is 3. The summed E-state index contributed by atoms with van der Waals surface area (Å²) < 4.78 is 12.8. The van der Waals surface area contributed by atoms with Crippen molar-refractivity contribution < 1.29 is 19.1 Å². The zero-order chi connectivity index (χ0) is 22.6. The molecule has 0 saturated heterocycles. The Morgan fingerprint density at radius 1 is 0.848 bits per heavy atom. The molecule has 0 fully saturated rings. The van der Waals surface area contributed by atoms with E-state index in [4.69, 9.17) is 9.47 Å². The number of benzene rings is 3. The highest BCUT2D eigenvalue weighted by atomic mass is 16.6. The molecule has 4 aromatic rings. The van der Waals surface area contributed by atoms with Crippen LogP contribution in [0.15, 0.2) is 91.0 Å². The summed E-state index contributed by atoms with van der Waals surface area (Å²) in [6.45, 7) is 0.0405. The maximum absolute atomic E-state index is 13.0. The number of hydrogen-bond acceptors (Lipinski definition) is 5. The number of fused-ring (bicyclic) bond motifs is 1. The quantitative estimate of drug-likeness (QED) is 0.476. The molecule has 8 heteroatoms. The lowest BCUT2D eigenvalue weighted by Gasteiger charge is -2.25. The number of aromatic nitrogens is 2. The van der Waals surface area contributed by atoms with E-state index in [2.05, 4.69) is 16.0 Å². The summed E-state index contributed by atoms with van der Waals surface area (Å²) in [5, 5.41) is 4.61. The Kier molecular flexibility index (Phi) is 5.47. The van der Waals surface area contributed by atoms with Crippen LogP contribution in [0, 0.1) is 0 Å². The van der Waals surface area contributed by atoms with E-state index in [9.17, 15) is 9.59 Å². The summed E-state index contributed by atoms with van der Waals surface area (Å²) in [6.07, 6.45) is -0.890. The van der Waals surface area contributed by atoms with Crippen LogP contribution in [-0.2, 0) is 4.79 Å². The van der Waals surface area contributed by atoms with Gasteiger partial charge < -0.3 is 9.47 Å². The lowest BCUT2D eigenvalue weighted by molar-refractivity contribution is -0.131. The first kappa shape index (κ1) is 20.3. The van der Waals surface area contributed by atoms with Gasteiger partial charge in [-0.15, -0.1) is 0 Å². The van der Waals surface area contributed by atoms with Crippen molar-refractivity contribution in [3.63, 3.8) is 0 Å². The van der Waals surface area contributed by atoms with Crippen LogP contribution in [0.1, 0.15) is 10.5 Å². The fourth-order valence-electron chi connectivity index (χ4n) is 3.47. The molecule has 0 spiro atoms. The number of nitrogens with zero attached hydrogens (tertiary/aromatic N) is 2. The van der Waals surface area contributed by atoms with E-state index in [1.165, 1.54) is 0 Å². The molecule has 1 atom stereocenters. The number of rotatable bonds is 4. The standard InChI is InChI=1S/C25H20N4O4/c30-24(26-27-25(31)23-16-32-21-13-7-8-14-22(21)33-23)20-15-19(17-9-3-1-4-10-17)28-29(20)18-11-5-2-6-12-18/h1-15,23H,16H2,(H,26,30)(H,27,31)/t23-/m1/s1. The average molecular weight is 440 g/mol. The lowest BCUT2D eigenvalue weighted by Crippen LogP contribution is -2.51. The molecule has 0 unspecified atom stereocenters. The number of carbonyl (C=O) groups excluding carboxylic acids is 2. The minimum Gasteiger partial charge on any atom is -0.485 e. The van der Waals surface area contributed by atoms with Crippen molar-refractivity contribution in [3.05, 3.63) is 96.7 Å². The minimum atomic E-state index is -0.890. The predicted molar refractivity (Wildman–Crippen MR) is 121 cm³/mol. The van der Waals surface area contributed by atoms with Crippen LogP contribution in [0.5, 0.6) is 11.5 Å². The molecule has 1 aromatic heterocycles. The van der Waals surface area contributed by atoms with Crippen LogP contribution >= 0.6 is 0 Å². The highest BCUT2D eigenvalue weighted by molar-refractivity contribution is 5.96. The summed E-state index contributed by atoms with van der Waals surface area (Å²) in [4.78, 5) is 25.6. The Morgan fingerprint density at radius 2 is 1.52 bits per heavy atom. The Bertz CT molecular complexity index is 1290. The molecular formula is C25H20N4O4. The van der Waals surface area contributed by atoms with Gasteiger partial charge >= 0.3 is 0 Å². The predicted octanol–water partition coefficient (Wildman–Crippen LogP) is 3.14. The number of hydrazine groups is 1. The van der Waals surface area contributed by atoms with Crippen LogP contribution in [0.3, 0.4) is 0 Å². The zero-order valence-electron chi connectivity index (χ0n) is 17.5. The molecule has 1 aliphatic heterocycles. The number of ether oxygens (including phenoxy) is 2. The normalized spacial score (nSPS) is 14.4. The van der Waals surface area contributed by atoms with Crippen LogP contribution in [0.4, 0.5) is 0 Å². The molecule has 0 saturated carbocycles. The molecule has 33 heavy (non-hydrogen) atoms. The summed E-state index contributed by atoms with van der Waals surface area (Å²) in [7, 11) is 0. The average Bonchev–Trinajstić information content (AvgIpc) is 3.33. The molecule has 5 rings (SSSR count). The highest BCUT2D eigenvalue weighted by Crippen LogP contribution is 2.30. The van der Waals surface area contributed by atoms with Gasteiger partial charge in [0.15, 0.2) is 11.5 Å². The third kappa shape index (κ3) is 4.27. The third-order valence-electron chi connectivity index (χ3n) is 5.11. The molecule has 0 bridgehead atoms. The maximum Gasteiger partial charge on any atom is 0.288 e. The van der Waals surface area contributed by atoms with E-state index in [1.807, 2.05) is 66.7 Å². The van der Waals surface area contributed by atoms with Crippen LogP contribution in [0.2, 0.25) is 0 Å². The summed E-state index contributed by atoms with van der Waals surface area (Å²) >= 11 is 0. The first-order chi connectivity index (χ1) is 16.2. The fraction of sp³-hybridized carbons (Fsp3) is 0.0800. The summed E-state index contributed by atoms with van der Waals surface area (Å²) in [5.74, 6) is 0.0154. The highest BCUT2D eigenvalue weighted by Gasteiger charge is 2.28. The van der Waals surface area contributed by atoms with Gasteiger partial charge in [0, 0.05) is 5.56 Å². The first-order valence-corrected chi connectivity index (χ1v) is 10.4. The maximum atomic E-state index is 13.0. The van der Waals surface area contributed by atoms with Crippen molar-refractivity contribution in [2.75, 3.05) is 6.61 Å². The topological polar surface area (TPSA) is 94.5 Å². The van der Waals surface area contributed by atoms with Gasteiger partial charge in [0.1, 0.15) is 12.3 Å². The number of amides is 2. The van der Waals surface area contributed by atoms with Crippen molar-refractivity contribution in [1.29, 1.82) is 0 Å². The van der Waals surface area contributed by atoms with Gasteiger partial charge in [-0.1, -0.05) is 60.7 Å². The first-order valence-electron chi connectivity index (χ1n) is 10.4. The van der Waals surface area contributed by atoms with Gasteiger partial charge in [-0.2, -0.15) is 5.10 Å². The fourth-order valence-corrected chi connectivity index (χ4v) is 3.47. The van der Waals surface area contributed by atoms with Gasteiger partial charge in [-0.05, 0) is 30.3 Å². The monoisotopic (exact) mass is 440 g/mol. The van der Waals surface area contributed by atoms with Crippen LogP contribution in [-0.4, -0.2) is 34.3 Å². The van der Waals surface area contributed by atoms with Crippen molar-refractivity contribution in [2.24, 2.45) is 0 Å². The Balaban J connectivity index is 1.34. The summed E-state index contributed by atoms with van der Waals surface area (Å²) in [5.41, 5.74) is 7.38. The Morgan fingerprint density at radius 3 is 2.27 bits per heavy atom. The molecule has 2 N–H and O–H groups in total. The second-order valence-electron chi connectivity index (χ2n) is 7.34. The molecule has 0 aliphatic carbocycles. The smallest absolute Gasteiger partial charge is 0.288 e. The molecule has 3 aromatic carbocycles. The van der Waals surface area contributed by atoms with E-state index < -0.39 is 17.9 Å². The third-order valence-corrected chi connectivity index (χ3v) is 5.11. The number of nitrogens with one attached hydrogen (secondary N) is 2. The van der Waals surface area contributed by atoms with Crippen LogP contribution < -0.4 is 20.3 Å². The molecule has 0 radical (unpaired) electrons. The molecule has 1 aliphatic rings. The van der Waals surface area contributed by atoms with Crippen LogP contribution in [0.25, 0.3) is 16.9 Å². The second kappa shape index (κ2) is 8.88. The zero-order valence-corrected chi connectivity index (χ0v) is 17.5. The lowest BCUT2D eigenvalue weighted by atomic mass is 10.1. The molecule has 2 heterocycles. The van der Waals surface area contributed by atoms with Crippen molar-refractivity contribution >= 4 is 11.8 Å². The van der Waals surface area contributed by atoms with Gasteiger partial charge in [0.25, 0.3) is 11.8 Å². The number of carbonyl (C=O) groups is 2.